The molecule has 7 heteroatoms. The van der Waals surface area contributed by atoms with Gasteiger partial charge in [0.2, 0.25) is 0 Å². The van der Waals surface area contributed by atoms with Crippen LogP contribution in [0.15, 0.2) is 24.4 Å². The number of benzene rings is 1. The lowest BCUT2D eigenvalue weighted by Crippen LogP contribution is -1.97. The Morgan fingerprint density at radius 2 is 1.95 bits per heavy atom. The fourth-order valence-electron chi connectivity index (χ4n) is 2.04. The Kier molecular flexibility index (Phi) is 3.28. The van der Waals surface area contributed by atoms with Crippen LogP contribution in [-0.2, 0) is 0 Å². The van der Waals surface area contributed by atoms with E-state index in [4.69, 9.17) is 35.4 Å². The van der Waals surface area contributed by atoms with E-state index < -0.39 is 5.82 Å². The maximum absolute atomic E-state index is 13.5. The van der Waals surface area contributed by atoms with E-state index in [9.17, 15) is 4.39 Å². The van der Waals surface area contributed by atoms with Gasteiger partial charge >= 0.3 is 0 Å². The van der Waals surface area contributed by atoms with Gasteiger partial charge < -0.3 is 4.98 Å². The fourth-order valence-corrected chi connectivity index (χ4v) is 2.81. The van der Waals surface area contributed by atoms with Gasteiger partial charge in [-0.25, -0.2) is 9.37 Å². The highest BCUT2D eigenvalue weighted by Gasteiger charge is 2.13. The Bertz CT molecular complexity index is 862. The van der Waals surface area contributed by atoms with Crippen molar-refractivity contribution in [2.45, 2.75) is 6.92 Å². The molecular weight excluding hydrogens is 320 g/mol. The molecular formula is C13H8Cl2FN3S. The molecule has 0 aliphatic heterocycles. The maximum atomic E-state index is 13.5. The molecule has 0 unspecified atom stereocenters. The van der Waals surface area contributed by atoms with Gasteiger partial charge in [-0.05, 0) is 42.9 Å². The van der Waals surface area contributed by atoms with Gasteiger partial charge in [0.05, 0.1) is 21.2 Å². The molecule has 1 N–H and O–H groups in total. The summed E-state index contributed by atoms with van der Waals surface area (Å²) in [5.74, 6) is -0.646. The van der Waals surface area contributed by atoms with Crippen molar-refractivity contribution < 1.29 is 4.39 Å². The standard InChI is InChI=1S/C13H8Cl2FN3S/c1-6-2-3-17-12-11(6)18-13(20)19(12)7-4-8(14)10(16)9(15)5-7/h2-5H,1H3,(H,18,20). The first-order valence-corrected chi connectivity index (χ1v) is 6.86. The summed E-state index contributed by atoms with van der Waals surface area (Å²) in [6.45, 7) is 1.95. The number of aryl methyl sites for hydroxylation is 1. The lowest BCUT2D eigenvalue weighted by Gasteiger charge is -2.06. The average molecular weight is 328 g/mol. The molecule has 3 nitrogen and oxygen atoms in total. The number of fused-ring (bicyclic) bond motifs is 1. The lowest BCUT2D eigenvalue weighted by molar-refractivity contribution is 0.628. The third-order valence-corrected chi connectivity index (χ3v) is 3.85. The molecule has 102 valence electrons. The number of hydrogen-bond donors (Lipinski definition) is 1. The van der Waals surface area contributed by atoms with E-state index >= 15 is 0 Å². The number of nitrogens with one attached hydrogen (secondary N) is 1. The second kappa shape index (κ2) is 4.84. The summed E-state index contributed by atoms with van der Waals surface area (Å²) in [5.41, 5.74) is 3.05. The summed E-state index contributed by atoms with van der Waals surface area (Å²) in [4.78, 5) is 7.39. The van der Waals surface area contributed by atoms with Gasteiger partial charge in [0.1, 0.15) is 0 Å². The Hall–Kier alpha value is -1.43. The topological polar surface area (TPSA) is 33.6 Å². The first kappa shape index (κ1) is 13.5. The van der Waals surface area contributed by atoms with Crippen LogP contribution < -0.4 is 0 Å². The molecule has 0 bridgehead atoms. The van der Waals surface area contributed by atoms with Gasteiger partial charge in [-0.2, -0.15) is 0 Å². The fraction of sp³-hybridized carbons (Fsp3) is 0.0769. The van der Waals surface area contributed by atoms with E-state index in [1.807, 2.05) is 13.0 Å². The largest absolute Gasteiger partial charge is 0.329 e. The molecule has 3 aromatic rings. The van der Waals surface area contributed by atoms with Crippen molar-refractivity contribution in [3.63, 3.8) is 0 Å². The molecule has 0 spiro atoms. The van der Waals surface area contributed by atoms with Crippen molar-refractivity contribution in [3.05, 3.63) is 50.6 Å². The minimum Gasteiger partial charge on any atom is -0.329 e. The van der Waals surface area contributed by atoms with Crippen LogP contribution in [0.5, 0.6) is 0 Å². The zero-order chi connectivity index (χ0) is 14.4. The quantitative estimate of drug-likeness (QED) is 0.512. The number of rotatable bonds is 1. The highest BCUT2D eigenvalue weighted by Crippen LogP contribution is 2.28. The highest BCUT2D eigenvalue weighted by atomic mass is 35.5. The summed E-state index contributed by atoms with van der Waals surface area (Å²) < 4.78 is 15.6. The van der Waals surface area contributed by atoms with E-state index in [1.54, 1.807) is 10.8 Å². The zero-order valence-electron chi connectivity index (χ0n) is 10.2. The number of halogens is 3. The monoisotopic (exact) mass is 327 g/mol. The van der Waals surface area contributed by atoms with Crippen LogP contribution in [0.1, 0.15) is 5.56 Å². The van der Waals surface area contributed by atoms with Gasteiger partial charge in [0.25, 0.3) is 0 Å². The number of aromatic nitrogens is 3. The van der Waals surface area contributed by atoms with Crippen LogP contribution in [-0.4, -0.2) is 14.5 Å². The van der Waals surface area contributed by atoms with E-state index in [2.05, 4.69) is 9.97 Å². The van der Waals surface area contributed by atoms with Crippen molar-refractivity contribution in [2.24, 2.45) is 0 Å². The number of pyridine rings is 1. The van der Waals surface area contributed by atoms with Crippen LogP contribution in [0.2, 0.25) is 10.0 Å². The highest BCUT2D eigenvalue weighted by molar-refractivity contribution is 7.71. The molecule has 3 rings (SSSR count). The maximum Gasteiger partial charge on any atom is 0.184 e. The van der Waals surface area contributed by atoms with Crippen LogP contribution in [0.3, 0.4) is 0 Å². The minimum atomic E-state index is -0.646. The SMILES string of the molecule is Cc1ccnc2c1[nH]c(=S)n2-c1cc(Cl)c(F)c(Cl)c1. The van der Waals surface area contributed by atoms with E-state index in [-0.39, 0.29) is 10.0 Å². The number of imidazole rings is 1. The van der Waals surface area contributed by atoms with Crippen LogP contribution in [0.25, 0.3) is 16.9 Å². The van der Waals surface area contributed by atoms with Crippen molar-refractivity contribution in [3.8, 4) is 5.69 Å². The van der Waals surface area contributed by atoms with E-state index in [0.717, 1.165) is 11.1 Å². The Balaban J connectivity index is 2.38. The second-order valence-electron chi connectivity index (χ2n) is 4.32. The van der Waals surface area contributed by atoms with Gasteiger partial charge in [0.15, 0.2) is 16.2 Å². The molecule has 2 aromatic heterocycles. The summed E-state index contributed by atoms with van der Waals surface area (Å²) in [6, 6.07) is 4.81. The molecule has 0 aliphatic rings. The smallest absolute Gasteiger partial charge is 0.184 e. The van der Waals surface area contributed by atoms with Gasteiger partial charge in [0, 0.05) is 6.20 Å². The summed E-state index contributed by atoms with van der Waals surface area (Å²) in [5, 5.41) is -0.118. The first-order valence-electron chi connectivity index (χ1n) is 5.70. The second-order valence-corrected chi connectivity index (χ2v) is 5.52. The number of aromatic amines is 1. The predicted octanol–water partition coefficient (Wildman–Crippen LogP) is 4.84. The first-order chi connectivity index (χ1) is 9.49. The lowest BCUT2D eigenvalue weighted by atomic mass is 10.2. The Labute approximate surface area is 129 Å². The molecule has 0 amide bonds. The van der Waals surface area contributed by atoms with Crippen LogP contribution in [0.4, 0.5) is 4.39 Å². The average Bonchev–Trinajstić information content (AvgIpc) is 2.73. The van der Waals surface area contributed by atoms with Crippen molar-refractivity contribution >= 4 is 46.6 Å². The predicted molar refractivity (Wildman–Crippen MR) is 81.0 cm³/mol. The molecule has 0 saturated carbocycles. The van der Waals surface area contributed by atoms with Gasteiger partial charge in [-0.1, -0.05) is 23.2 Å². The molecule has 0 atom stereocenters. The number of H-pyrrole nitrogens is 1. The zero-order valence-corrected chi connectivity index (χ0v) is 12.6. The molecule has 0 radical (unpaired) electrons. The molecule has 0 saturated heterocycles. The molecule has 0 aliphatic carbocycles. The van der Waals surface area contributed by atoms with E-state index in [0.29, 0.717) is 16.1 Å². The molecule has 0 fully saturated rings. The van der Waals surface area contributed by atoms with E-state index in [1.165, 1.54) is 12.1 Å². The minimum absolute atomic E-state index is 0.0589. The molecule has 2 heterocycles. The molecule has 1 aromatic carbocycles. The number of hydrogen-bond acceptors (Lipinski definition) is 2. The van der Waals surface area contributed by atoms with Crippen molar-refractivity contribution in [1.82, 2.24) is 14.5 Å². The van der Waals surface area contributed by atoms with Gasteiger partial charge in [-0.15, -0.1) is 0 Å². The third-order valence-electron chi connectivity index (χ3n) is 3.01. The molecule has 20 heavy (non-hydrogen) atoms. The van der Waals surface area contributed by atoms with Crippen molar-refractivity contribution in [1.29, 1.82) is 0 Å². The van der Waals surface area contributed by atoms with Crippen molar-refractivity contribution in [2.75, 3.05) is 0 Å². The summed E-state index contributed by atoms with van der Waals surface area (Å²) in [7, 11) is 0. The van der Waals surface area contributed by atoms with Gasteiger partial charge in [-0.3, -0.25) is 4.57 Å². The van der Waals surface area contributed by atoms with Crippen LogP contribution >= 0.6 is 35.4 Å². The normalized spacial score (nSPS) is 11.2. The summed E-state index contributed by atoms with van der Waals surface area (Å²) in [6.07, 6.45) is 1.68. The van der Waals surface area contributed by atoms with Crippen LogP contribution in [0, 0.1) is 17.5 Å². The third kappa shape index (κ3) is 2.02. The Morgan fingerprint density at radius 3 is 2.60 bits per heavy atom. The Morgan fingerprint density at radius 1 is 1.30 bits per heavy atom. The summed E-state index contributed by atoms with van der Waals surface area (Å²) >= 11 is 17.0. The number of nitrogens with zero attached hydrogens (tertiary/aromatic N) is 2.